The van der Waals surface area contributed by atoms with Gasteiger partial charge < -0.3 is 14.8 Å². The summed E-state index contributed by atoms with van der Waals surface area (Å²) in [6, 6.07) is 3.45. The Morgan fingerprint density at radius 1 is 1.37 bits per heavy atom. The number of carbonyl (C=O) groups excluding carboxylic acids is 2. The summed E-state index contributed by atoms with van der Waals surface area (Å²) in [4.78, 5) is 27.2. The zero-order chi connectivity index (χ0) is 14.7. The lowest BCUT2D eigenvalue weighted by Gasteiger charge is -2.28. The normalized spacial score (nSPS) is 14.4. The van der Waals surface area contributed by atoms with E-state index in [1.54, 1.807) is 46.0 Å². The number of carbonyl (C=O) groups is 2. The van der Waals surface area contributed by atoms with E-state index in [1.807, 2.05) is 6.92 Å². The van der Waals surface area contributed by atoms with Gasteiger partial charge in [0.2, 0.25) is 0 Å². The van der Waals surface area contributed by atoms with Crippen LogP contribution in [0, 0.1) is 6.92 Å². The molecule has 0 saturated carbocycles. The number of aromatic nitrogens is 1. The van der Waals surface area contributed by atoms with E-state index in [4.69, 9.17) is 4.74 Å². The molecule has 0 aliphatic rings. The Kier molecular flexibility index (Phi) is 4.29. The number of nitrogens with zero attached hydrogens (tertiary/aromatic N) is 1. The van der Waals surface area contributed by atoms with Crippen LogP contribution in [0.25, 0.3) is 0 Å². The molecule has 1 aromatic rings. The molecule has 0 aromatic carbocycles. The van der Waals surface area contributed by atoms with Crippen LogP contribution in [-0.4, -0.2) is 23.0 Å². The summed E-state index contributed by atoms with van der Waals surface area (Å²) >= 11 is 0. The number of nitrogens with one attached hydrogen (secondary N) is 1. The second-order valence-electron chi connectivity index (χ2n) is 5.63. The van der Waals surface area contributed by atoms with Gasteiger partial charge >= 0.3 is 6.09 Å². The van der Waals surface area contributed by atoms with Gasteiger partial charge in [-0.1, -0.05) is 0 Å². The molecule has 1 rings (SSSR count). The first-order chi connectivity index (χ1) is 8.66. The number of hydrogen-bond donors (Lipinski definition) is 1. The minimum absolute atomic E-state index is 0.609. The van der Waals surface area contributed by atoms with Crippen LogP contribution in [0.3, 0.4) is 0 Å². The smallest absolute Gasteiger partial charge is 0.408 e. The number of ether oxygens (including phenoxy) is 1. The predicted octanol–water partition coefficient (Wildman–Crippen LogP) is 2.33. The fourth-order valence-electron chi connectivity index (χ4n) is 1.55. The quantitative estimate of drug-likeness (QED) is 0.851. The van der Waals surface area contributed by atoms with Crippen molar-refractivity contribution in [2.45, 2.75) is 45.8 Å². The van der Waals surface area contributed by atoms with Gasteiger partial charge in [0, 0.05) is 11.9 Å². The third-order valence-corrected chi connectivity index (χ3v) is 2.49. The third kappa shape index (κ3) is 4.35. The van der Waals surface area contributed by atoms with Crippen molar-refractivity contribution in [3.8, 4) is 0 Å². The molecule has 5 heteroatoms. The van der Waals surface area contributed by atoms with Crippen LogP contribution < -0.4 is 5.32 Å². The molecule has 1 aromatic heterocycles. The van der Waals surface area contributed by atoms with E-state index < -0.39 is 17.2 Å². The van der Waals surface area contributed by atoms with Gasteiger partial charge in [0.15, 0.2) is 0 Å². The van der Waals surface area contributed by atoms with Crippen LogP contribution in [0.1, 0.15) is 39.0 Å². The molecule has 0 bridgehead atoms. The first-order valence-electron chi connectivity index (χ1n) is 6.07. The van der Waals surface area contributed by atoms with E-state index in [-0.39, 0.29) is 0 Å². The van der Waals surface area contributed by atoms with E-state index in [1.165, 1.54) is 0 Å². The Labute approximate surface area is 113 Å². The summed E-state index contributed by atoms with van der Waals surface area (Å²) < 4.78 is 5.16. The van der Waals surface area contributed by atoms with Crippen molar-refractivity contribution < 1.29 is 14.3 Å². The average molecular weight is 264 g/mol. The molecule has 104 valence electrons. The summed E-state index contributed by atoms with van der Waals surface area (Å²) in [5.74, 6) is 0. The highest BCUT2D eigenvalue weighted by Gasteiger charge is 2.30. The molecule has 1 unspecified atom stereocenters. The summed E-state index contributed by atoms with van der Waals surface area (Å²) in [7, 11) is 0. The Morgan fingerprint density at radius 3 is 2.47 bits per heavy atom. The summed E-state index contributed by atoms with van der Waals surface area (Å²) in [6.45, 7) is 8.74. The van der Waals surface area contributed by atoms with E-state index in [2.05, 4.69) is 10.3 Å². The number of amides is 1. The molecule has 0 saturated heterocycles. The highest BCUT2D eigenvalue weighted by molar-refractivity contribution is 5.77. The van der Waals surface area contributed by atoms with Gasteiger partial charge in [0.1, 0.15) is 17.4 Å². The van der Waals surface area contributed by atoms with Gasteiger partial charge in [-0.15, -0.1) is 0 Å². The SMILES string of the molecule is Cc1cc(C(C)(C=O)NC(=O)OC(C)(C)C)ccn1. The molecule has 0 spiro atoms. The van der Waals surface area contributed by atoms with Gasteiger partial charge in [-0.25, -0.2) is 4.79 Å². The van der Waals surface area contributed by atoms with Crippen molar-refractivity contribution in [2.75, 3.05) is 0 Å². The second kappa shape index (κ2) is 5.38. The molecule has 1 amide bonds. The lowest BCUT2D eigenvalue weighted by atomic mass is 9.94. The monoisotopic (exact) mass is 264 g/mol. The van der Waals surface area contributed by atoms with E-state index in [9.17, 15) is 9.59 Å². The number of hydrogen-bond acceptors (Lipinski definition) is 4. The minimum Gasteiger partial charge on any atom is -0.444 e. The molecule has 5 nitrogen and oxygen atoms in total. The van der Waals surface area contributed by atoms with Crippen LogP contribution in [0.5, 0.6) is 0 Å². The molecule has 1 heterocycles. The van der Waals surface area contributed by atoms with Crippen LogP contribution in [0.4, 0.5) is 4.79 Å². The molecular weight excluding hydrogens is 244 g/mol. The summed E-state index contributed by atoms with van der Waals surface area (Å²) in [6.07, 6.45) is 1.66. The topological polar surface area (TPSA) is 68.3 Å². The number of pyridine rings is 1. The van der Waals surface area contributed by atoms with Crippen molar-refractivity contribution >= 4 is 12.4 Å². The third-order valence-electron chi connectivity index (χ3n) is 2.49. The average Bonchev–Trinajstić information content (AvgIpc) is 2.26. The molecule has 19 heavy (non-hydrogen) atoms. The first-order valence-corrected chi connectivity index (χ1v) is 6.07. The van der Waals surface area contributed by atoms with Gasteiger partial charge in [-0.3, -0.25) is 4.98 Å². The molecule has 1 atom stereocenters. The van der Waals surface area contributed by atoms with Crippen LogP contribution in [0.2, 0.25) is 0 Å². The highest BCUT2D eigenvalue weighted by atomic mass is 16.6. The number of rotatable bonds is 3. The maximum Gasteiger partial charge on any atom is 0.408 e. The van der Waals surface area contributed by atoms with Crippen molar-refractivity contribution in [1.82, 2.24) is 10.3 Å². The van der Waals surface area contributed by atoms with E-state index >= 15 is 0 Å². The number of aryl methyl sites for hydroxylation is 1. The molecule has 1 N–H and O–H groups in total. The fraction of sp³-hybridized carbons (Fsp3) is 0.500. The largest absolute Gasteiger partial charge is 0.444 e. The van der Waals surface area contributed by atoms with Crippen molar-refractivity contribution in [3.63, 3.8) is 0 Å². The lowest BCUT2D eigenvalue weighted by molar-refractivity contribution is -0.113. The molecule has 0 fully saturated rings. The predicted molar refractivity (Wildman–Crippen MR) is 71.8 cm³/mol. The Hall–Kier alpha value is -1.91. The van der Waals surface area contributed by atoms with Gasteiger partial charge in [-0.05, 0) is 52.3 Å². The molecular formula is C14H20N2O3. The molecule has 0 aliphatic heterocycles. The standard InChI is InChI=1S/C14H20N2O3/c1-10-8-11(6-7-15-10)14(5,9-17)16-12(18)19-13(2,3)4/h6-9H,1-5H3,(H,16,18). The molecule has 0 radical (unpaired) electrons. The number of aldehydes is 1. The van der Waals surface area contributed by atoms with Gasteiger partial charge in [0.05, 0.1) is 0 Å². The van der Waals surface area contributed by atoms with Crippen LogP contribution in [-0.2, 0) is 15.1 Å². The lowest BCUT2D eigenvalue weighted by Crippen LogP contribution is -2.47. The maximum atomic E-state index is 11.8. The zero-order valence-corrected chi connectivity index (χ0v) is 12.0. The van der Waals surface area contributed by atoms with Gasteiger partial charge in [0.25, 0.3) is 0 Å². The summed E-state index contributed by atoms with van der Waals surface area (Å²) in [5, 5.41) is 2.59. The first kappa shape index (κ1) is 15.1. The highest BCUT2D eigenvalue weighted by Crippen LogP contribution is 2.19. The Morgan fingerprint density at radius 2 is 2.00 bits per heavy atom. The maximum absolute atomic E-state index is 11.8. The van der Waals surface area contributed by atoms with Gasteiger partial charge in [-0.2, -0.15) is 0 Å². The second-order valence-corrected chi connectivity index (χ2v) is 5.63. The van der Waals surface area contributed by atoms with E-state index in [0.29, 0.717) is 11.8 Å². The zero-order valence-electron chi connectivity index (χ0n) is 12.0. The van der Waals surface area contributed by atoms with Crippen molar-refractivity contribution in [1.29, 1.82) is 0 Å². The minimum atomic E-state index is -1.13. The van der Waals surface area contributed by atoms with Crippen LogP contribution >= 0.6 is 0 Å². The number of alkyl carbamates (subject to hydrolysis) is 1. The Balaban J connectivity index is 2.93. The van der Waals surface area contributed by atoms with Crippen LogP contribution in [0.15, 0.2) is 18.3 Å². The van der Waals surface area contributed by atoms with Crippen molar-refractivity contribution in [2.24, 2.45) is 0 Å². The summed E-state index contributed by atoms with van der Waals surface area (Å²) in [5.41, 5.74) is -0.296. The van der Waals surface area contributed by atoms with Crippen molar-refractivity contribution in [3.05, 3.63) is 29.6 Å². The van der Waals surface area contributed by atoms with E-state index in [0.717, 1.165) is 5.69 Å². The Bertz CT molecular complexity index is 480. The molecule has 0 aliphatic carbocycles. The fourth-order valence-corrected chi connectivity index (χ4v) is 1.55.